The fraction of sp³-hybridized carbons (Fsp3) is 0.222. The Bertz CT molecular complexity index is 438. The molecule has 0 atom stereocenters. The number of aryl methyl sites for hydroxylation is 1. The van der Waals surface area contributed by atoms with E-state index in [1.54, 1.807) is 6.20 Å². The van der Waals surface area contributed by atoms with Crippen LogP contribution in [0.2, 0.25) is 0 Å². The quantitative estimate of drug-likeness (QED) is 0.816. The molecule has 2 aromatic heterocycles. The van der Waals surface area contributed by atoms with Gasteiger partial charge in [0.25, 0.3) is 0 Å². The third kappa shape index (κ3) is 1.58. The molecule has 72 valence electrons. The third-order valence-corrected chi connectivity index (χ3v) is 2.59. The molecule has 5 heteroatoms. The van der Waals surface area contributed by atoms with Crippen LogP contribution in [-0.4, -0.2) is 21.4 Å². The van der Waals surface area contributed by atoms with Gasteiger partial charge in [0.15, 0.2) is 5.82 Å². The Kier molecular flexibility index (Phi) is 2.41. The van der Waals surface area contributed by atoms with Crippen LogP contribution in [0.1, 0.15) is 5.56 Å². The van der Waals surface area contributed by atoms with E-state index in [1.807, 2.05) is 26.1 Å². The van der Waals surface area contributed by atoms with Gasteiger partial charge in [0.05, 0.1) is 0 Å². The number of hydrogen-bond donors (Lipinski definition) is 1. The van der Waals surface area contributed by atoms with Gasteiger partial charge in [-0.15, -0.1) is 0 Å². The molecule has 0 fully saturated rings. The average molecular weight is 206 g/mol. The van der Waals surface area contributed by atoms with Crippen molar-refractivity contribution in [2.75, 3.05) is 12.4 Å². The fourth-order valence-electron chi connectivity index (χ4n) is 1.14. The molecule has 0 bridgehead atoms. The van der Waals surface area contributed by atoms with Crippen molar-refractivity contribution in [3.63, 3.8) is 0 Å². The number of nitrogens with one attached hydrogen (secondary N) is 1. The van der Waals surface area contributed by atoms with Crippen molar-refractivity contribution in [3.8, 4) is 11.5 Å². The first-order chi connectivity index (χ1) is 6.81. The van der Waals surface area contributed by atoms with Gasteiger partial charge in [0.2, 0.25) is 5.13 Å². The largest absolute Gasteiger partial charge is 0.363 e. The lowest BCUT2D eigenvalue weighted by molar-refractivity contribution is 1.20. The molecule has 0 saturated carbocycles. The summed E-state index contributed by atoms with van der Waals surface area (Å²) in [5.41, 5.74) is 1.94. The van der Waals surface area contributed by atoms with Gasteiger partial charge in [-0.2, -0.15) is 9.36 Å². The first kappa shape index (κ1) is 9.08. The second kappa shape index (κ2) is 3.71. The summed E-state index contributed by atoms with van der Waals surface area (Å²) in [6.07, 6.45) is 1.75. The second-order valence-electron chi connectivity index (χ2n) is 2.84. The van der Waals surface area contributed by atoms with E-state index >= 15 is 0 Å². The topological polar surface area (TPSA) is 50.7 Å². The van der Waals surface area contributed by atoms with Crippen LogP contribution < -0.4 is 5.32 Å². The van der Waals surface area contributed by atoms with E-state index in [9.17, 15) is 0 Å². The minimum atomic E-state index is 0.692. The van der Waals surface area contributed by atoms with E-state index in [4.69, 9.17) is 0 Å². The molecule has 2 rings (SSSR count). The molecule has 0 saturated heterocycles. The lowest BCUT2D eigenvalue weighted by Gasteiger charge is -1.97. The highest BCUT2D eigenvalue weighted by Crippen LogP contribution is 2.21. The molecular formula is C9H10N4S. The predicted octanol–water partition coefficient (Wildman–Crippen LogP) is 1.95. The standard InChI is InChI=1S/C9H10N4S/c1-6-4-3-5-11-7(6)8-12-9(10-2)14-13-8/h3-5H,1-2H3,(H,10,12,13). The van der Waals surface area contributed by atoms with Crippen molar-refractivity contribution in [2.45, 2.75) is 6.92 Å². The number of anilines is 1. The summed E-state index contributed by atoms with van der Waals surface area (Å²) in [7, 11) is 1.83. The minimum Gasteiger partial charge on any atom is -0.363 e. The van der Waals surface area contributed by atoms with Gasteiger partial charge >= 0.3 is 0 Å². The molecule has 4 nitrogen and oxygen atoms in total. The molecule has 1 N–H and O–H groups in total. The number of rotatable bonds is 2. The van der Waals surface area contributed by atoms with Crippen LogP contribution in [0.4, 0.5) is 5.13 Å². The monoisotopic (exact) mass is 206 g/mol. The zero-order chi connectivity index (χ0) is 9.97. The minimum absolute atomic E-state index is 0.692. The maximum atomic E-state index is 4.29. The second-order valence-corrected chi connectivity index (χ2v) is 3.59. The molecule has 2 aromatic rings. The molecule has 0 radical (unpaired) electrons. The van der Waals surface area contributed by atoms with Crippen molar-refractivity contribution in [1.82, 2.24) is 14.3 Å². The highest BCUT2D eigenvalue weighted by Gasteiger charge is 2.08. The number of aromatic nitrogens is 3. The number of pyridine rings is 1. The van der Waals surface area contributed by atoms with E-state index < -0.39 is 0 Å². The lowest BCUT2D eigenvalue weighted by Crippen LogP contribution is -1.90. The van der Waals surface area contributed by atoms with Gasteiger partial charge in [-0.3, -0.25) is 4.98 Å². The number of nitrogens with zero attached hydrogens (tertiary/aromatic N) is 3. The van der Waals surface area contributed by atoms with Gasteiger partial charge in [-0.1, -0.05) is 6.07 Å². The maximum Gasteiger partial charge on any atom is 0.202 e. The first-order valence-corrected chi connectivity index (χ1v) is 5.02. The van der Waals surface area contributed by atoms with Crippen molar-refractivity contribution in [2.24, 2.45) is 0 Å². The van der Waals surface area contributed by atoms with Crippen LogP contribution >= 0.6 is 11.5 Å². The zero-order valence-electron chi connectivity index (χ0n) is 7.98. The molecular weight excluding hydrogens is 196 g/mol. The smallest absolute Gasteiger partial charge is 0.202 e. The SMILES string of the molecule is CNc1nc(-c2ncccc2C)ns1. The molecule has 0 aliphatic rings. The number of hydrogen-bond acceptors (Lipinski definition) is 5. The van der Waals surface area contributed by atoms with Crippen LogP contribution in [0.5, 0.6) is 0 Å². The zero-order valence-corrected chi connectivity index (χ0v) is 8.80. The van der Waals surface area contributed by atoms with E-state index in [2.05, 4.69) is 19.7 Å². The van der Waals surface area contributed by atoms with Crippen molar-refractivity contribution in [3.05, 3.63) is 23.9 Å². The molecule has 0 spiro atoms. The Hall–Kier alpha value is -1.49. The fourth-order valence-corrected chi connectivity index (χ4v) is 1.66. The normalized spacial score (nSPS) is 10.1. The lowest BCUT2D eigenvalue weighted by atomic mass is 10.2. The molecule has 0 aliphatic carbocycles. The van der Waals surface area contributed by atoms with Crippen molar-refractivity contribution < 1.29 is 0 Å². The summed E-state index contributed by atoms with van der Waals surface area (Å²) >= 11 is 1.34. The third-order valence-electron chi connectivity index (χ3n) is 1.86. The van der Waals surface area contributed by atoms with Crippen LogP contribution in [0.3, 0.4) is 0 Å². The van der Waals surface area contributed by atoms with E-state index in [0.717, 1.165) is 16.4 Å². The van der Waals surface area contributed by atoms with Crippen LogP contribution in [0.25, 0.3) is 11.5 Å². The molecule has 0 aliphatic heterocycles. The van der Waals surface area contributed by atoms with Gasteiger partial charge < -0.3 is 5.32 Å². The van der Waals surface area contributed by atoms with Crippen LogP contribution in [0, 0.1) is 6.92 Å². The summed E-state index contributed by atoms with van der Waals surface area (Å²) in [4.78, 5) is 8.54. The molecule has 0 unspecified atom stereocenters. The Morgan fingerprint density at radius 2 is 2.29 bits per heavy atom. The maximum absolute atomic E-state index is 4.29. The van der Waals surface area contributed by atoms with Crippen LogP contribution in [-0.2, 0) is 0 Å². The van der Waals surface area contributed by atoms with Crippen LogP contribution in [0.15, 0.2) is 18.3 Å². The Balaban J connectivity index is 2.44. The van der Waals surface area contributed by atoms with E-state index in [0.29, 0.717) is 5.82 Å². The van der Waals surface area contributed by atoms with E-state index in [1.165, 1.54) is 11.5 Å². The Labute approximate surface area is 86.2 Å². The van der Waals surface area contributed by atoms with E-state index in [-0.39, 0.29) is 0 Å². The molecule has 14 heavy (non-hydrogen) atoms. The van der Waals surface area contributed by atoms with Gasteiger partial charge in [-0.05, 0) is 18.6 Å². The van der Waals surface area contributed by atoms with Crippen molar-refractivity contribution in [1.29, 1.82) is 0 Å². The van der Waals surface area contributed by atoms with Crippen molar-refractivity contribution >= 4 is 16.7 Å². The summed E-state index contributed by atoms with van der Waals surface area (Å²) in [5, 5.41) is 3.76. The first-order valence-electron chi connectivity index (χ1n) is 4.24. The summed E-state index contributed by atoms with van der Waals surface area (Å²) in [5.74, 6) is 0.692. The van der Waals surface area contributed by atoms with Gasteiger partial charge in [0, 0.05) is 24.8 Å². The predicted molar refractivity (Wildman–Crippen MR) is 57.4 cm³/mol. The Morgan fingerprint density at radius 3 is 2.93 bits per heavy atom. The highest BCUT2D eigenvalue weighted by atomic mass is 32.1. The summed E-state index contributed by atoms with van der Waals surface area (Å²) in [6.45, 7) is 2.00. The van der Waals surface area contributed by atoms with Gasteiger partial charge in [0.1, 0.15) is 5.69 Å². The Morgan fingerprint density at radius 1 is 1.43 bits per heavy atom. The molecule has 2 heterocycles. The highest BCUT2D eigenvalue weighted by molar-refractivity contribution is 7.09. The summed E-state index contributed by atoms with van der Waals surface area (Å²) < 4.78 is 4.22. The average Bonchev–Trinajstić information content (AvgIpc) is 2.67. The van der Waals surface area contributed by atoms with Gasteiger partial charge in [-0.25, -0.2) is 0 Å². The molecule has 0 amide bonds. The summed E-state index contributed by atoms with van der Waals surface area (Å²) in [6, 6.07) is 3.91. The molecule has 0 aromatic carbocycles.